The summed E-state index contributed by atoms with van der Waals surface area (Å²) in [5.41, 5.74) is 6.16. The number of esters is 1. The first kappa shape index (κ1) is 11.9. The fourth-order valence-electron chi connectivity index (χ4n) is 2.07. The number of aromatic nitrogens is 4. The molecule has 0 saturated heterocycles. The lowest BCUT2D eigenvalue weighted by molar-refractivity contribution is 0.0526. The number of fused-ring (bicyclic) bond motifs is 1. The van der Waals surface area contributed by atoms with Crippen LogP contribution < -0.4 is 5.73 Å². The number of rotatable bonds is 3. The SMILES string of the molecule is CCOC(=O)c1cnc2nc(C3CCC3)nn2c1N. The van der Waals surface area contributed by atoms with Crippen molar-refractivity contribution in [3.63, 3.8) is 0 Å². The molecule has 0 atom stereocenters. The zero-order valence-electron chi connectivity index (χ0n) is 10.7. The highest BCUT2D eigenvalue weighted by molar-refractivity contribution is 5.94. The lowest BCUT2D eigenvalue weighted by Gasteiger charge is -2.21. The van der Waals surface area contributed by atoms with Crippen molar-refractivity contribution in [2.24, 2.45) is 0 Å². The lowest BCUT2D eigenvalue weighted by Crippen LogP contribution is -2.13. The van der Waals surface area contributed by atoms with Gasteiger partial charge in [0, 0.05) is 12.1 Å². The van der Waals surface area contributed by atoms with Gasteiger partial charge in [0.1, 0.15) is 11.4 Å². The van der Waals surface area contributed by atoms with Crippen molar-refractivity contribution in [3.8, 4) is 0 Å². The normalized spacial score (nSPS) is 15.4. The molecule has 2 heterocycles. The maximum absolute atomic E-state index is 11.7. The number of carbonyl (C=O) groups is 1. The molecule has 1 saturated carbocycles. The molecule has 1 aliphatic rings. The van der Waals surface area contributed by atoms with Gasteiger partial charge in [-0.1, -0.05) is 6.42 Å². The van der Waals surface area contributed by atoms with E-state index in [1.54, 1.807) is 6.92 Å². The Balaban J connectivity index is 2.03. The summed E-state index contributed by atoms with van der Waals surface area (Å²) < 4.78 is 6.34. The predicted molar refractivity (Wildman–Crippen MR) is 67.7 cm³/mol. The van der Waals surface area contributed by atoms with Crippen molar-refractivity contribution in [2.45, 2.75) is 32.1 Å². The number of ether oxygens (including phenoxy) is 1. The topological polar surface area (TPSA) is 95.4 Å². The van der Waals surface area contributed by atoms with Crippen molar-refractivity contribution in [1.82, 2.24) is 19.6 Å². The fourth-order valence-corrected chi connectivity index (χ4v) is 2.07. The average molecular weight is 261 g/mol. The molecule has 2 aromatic rings. The minimum atomic E-state index is -0.491. The minimum Gasteiger partial charge on any atom is -0.462 e. The third kappa shape index (κ3) is 1.91. The Morgan fingerprint density at radius 2 is 2.37 bits per heavy atom. The predicted octanol–water partition coefficient (Wildman–Crippen LogP) is 1.15. The van der Waals surface area contributed by atoms with Crippen LogP contribution >= 0.6 is 0 Å². The molecule has 0 spiro atoms. The molecule has 1 fully saturated rings. The zero-order valence-corrected chi connectivity index (χ0v) is 10.7. The Hall–Kier alpha value is -2.18. The van der Waals surface area contributed by atoms with E-state index >= 15 is 0 Å². The van der Waals surface area contributed by atoms with Gasteiger partial charge in [0.15, 0.2) is 5.82 Å². The van der Waals surface area contributed by atoms with Crippen LogP contribution in [-0.2, 0) is 4.74 Å². The van der Waals surface area contributed by atoms with E-state index in [9.17, 15) is 4.79 Å². The second-order valence-electron chi connectivity index (χ2n) is 4.59. The van der Waals surface area contributed by atoms with Crippen LogP contribution in [0.5, 0.6) is 0 Å². The van der Waals surface area contributed by atoms with E-state index < -0.39 is 5.97 Å². The molecule has 0 aromatic carbocycles. The van der Waals surface area contributed by atoms with Crippen molar-refractivity contribution in [2.75, 3.05) is 12.3 Å². The van der Waals surface area contributed by atoms with Crippen molar-refractivity contribution < 1.29 is 9.53 Å². The number of hydrogen-bond acceptors (Lipinski definition) is 6. The summed E-state index contributed by atoms with van der Waals surface area (Å²) in [6.45, 7) is 2.03. The third-order valence-corrected chi connectivity index (χ3v) is 3.39. The molecule has 0 radical (unpaired) electrons. The van der Waals surface area contributed by atoms with Crippen LogP contribution in [0.15, 0.2) is 6.20 Å². The summed E-state index contributed by atoms with van der Waals surface area (Å²) in [5.74, 6) is 1.31. The Morgan fingerprint density at radius 3 is 3.00 bits per heavy atom. The summed E-state index contributed by atoms with van der Waals surface area (Å²) in [6.07, 6.45) is 4.79. The summed E-state index contributed by atoms with van der Waals surface area (Å²) >= 11 is 0. The first-order valence-electron chi connectivity index (χ1n) is 6.39. The number of hydrogen-bond donors (Lipinski definition) is 1. The molecule has 3 rings (SSSR count). The fraction of sp³-hybridized carbons (Fsp3) is 0.500. The number of carbonyl (C=O) groups excluding carboxylic acids is 1. The molecule has 7 nitrogen and oxygen atoms in total. The molecule has 0 unspecified atom stereocenters. The molecule has 2 N–H and O–H groups in total. The van der Waals surface area contributed by atoms with E-state index in [-0.39, 0.29) is 11.4 Å². The van der Waals surface area contributed by atoms with Gasteiger partial charge in [0.05, 0.1) is 6.61 Å². The number of nitrogens with two attached hydrogens (primary N) is 1. The Kier molecular flexibility index (Phi) is 2.81. The van der Waals surface area contributed by atoms with Gasteiger partial charge >= 0.3 is 5.97 Å². The van der Waals surface area contributed by atoms with Crippen molar-refractivity contribution in [3.05, 3.63) is 17.6 Å². The second kappa shape index (κ2) is 4.49. The Labute approximate surface area is 109 Å². The van der Waals surface area contributed by atoms with E-state index in [0.717, 1.165) is 18.7 Å². The van der Waals surface area contributed by atoms with Crippen molar-refractivity contribution >= 4 is 17.6 Å². The highest BCUT2D eigenvalue weighted by Gasteiger charge is 2.25. The molecule has 7 heteroatoms. The molecule has 100 valence electrons. The molecule has 2 aromatic heterocycles. The molecule has 19 heavy (non-hydrogen) atoms. The zero-order chi connectivity index (χ0) is 13.4. The maximum Gasteiger partial charge on any atom is 0.343 e. The quantitative estimate of drug-likeness (QED) is 0.833. The summed E-state index contributed by atoms with van der Waals surface area (Å²) in [7, 11) is 0. The summed E-state index contributed by atoms with van der Waals surface area (Å²) in [5, 5.41) is 4.35. The van der Waals surface area contributed by atoms with Gasteiger partial charge < -0.3 is 10.5 Å². The molecule has 0 aliphatic heterocycles. The van der Waals surface area contributed by atoms with Crippen LogP contribution in [0.2, 0.25) is 0 Å². The maximum atomic E-state index is 11.7. The van der Waals surface area contributed by atoms with Crippen LogP contribution in [0.3, 0.4) is 0 Å². The Morgan fingerprint density at radius 1 is 1.58 bits per heavy atom. The minimum absolute atomic E-state index is 0.222. The van der Waals surface area contributed by atoms with Crippen LogP contribution in [0.4, 0.5) is 5.82 Å². The summed E-state index contributed by atoms with van der Waals surface area (Å²) in [4.78, 5) is 20.2. The van der Waals surface area contributed by atoms with E-state index in [0.29, 0.717) is 18.3 Å². The molecule has 1 aliphatic carbocycles. The van der Waals surface area contributed by atoms with Gasteiger partial charge in [-0.3, -0.25) is 0 Å². The van der Waals surface area contributed by atoms with E-state index in [4.69, 9.17) is 10.5 Å². The van der Waals surface area contributed by atoms with Crippen LogP contribution in [0.25, 0.3) is 5.78 Å². The molecule has 0 bridgehead atoms. The standard InChI is InChI=1S/C12H15N5O2/c1-2-19-11(18)8-6-14-12-15-10(7-4-3-5-7)16-17(12)9(8)13/h6-7H,2-5,13H2,1H3. The number of anilines is 1. The van der Waals surface area contributed by atoms with Gasteiger partial charge in [-0.25, -0.2) is 9.78 Å². The van der Waals surface area contributed by atoms with Gasteiger partial charge in [0.2, 0.25) is 0 Å². The second-order valence-corrected chi connectivity index (χ2v) is 4.59. The van der Waals surface area contributed by atoms with Crippen LogP contribution in [0.1, 0.15) is 48.3 Å². The number of nitrogens with zero attached hydrogens (tertiary/aromatic N) is 4. The lowest BCUT2D eigenvalue weighted by atomic mass is 9.85. The average Bonchev–Trinajstić information content (AvgIpc) is 2.71. The highest BCUT2D eigenvalue weighted by atomic mass is 16.5. The number of nitrogen functional groups attached to an aromatic ring is 1. The highest BCUT2D eigenvalue weighted by Crippen LogP contribution is 2.34. The summed E-state index contributed by atoms with van der Waals surface area (Å²) in [6, 6.07) is 0. The molecule has 0 amide bonds. The molecular weight excluding hydrogens is 246 g/mol. The third-order valence-electron chi connectivity index (χ3n) is 3.39. The first-order valence-corrected chi connectivity index (χ1v) is 6.39. The van der Waals surface area contributed by atoms with E-state index in [1.807, 2.05) is 0 Å². The first-order chi connectivity index (χ1) is 9.20. The Bertz CT molecular complexity index is 632. The monoisotopic (exact) mass is 261 g/mol. The van der Waals surface area contributed by atoms with Crippen molar-refractivity contribution in [1.29, 1.82) is 0 Å². The van der Waals surface area contributed by atoms with Crippen LogP contribution in [0, 0.1) is 0 Å². The smallest absolute Gasteiger partial charge is 0.343 e. The van der Waals surface area contributed by atoms with Gasteiger partial charge in [-0.2, -0.15) is 9.50 Å². The largest absolute Gasteiger partial charge is 0.462 e. The van der Waals surface area contributed by atoms with E-state index in [2.05, 4.69) is 15.1 Å². The van der Waals surface area contributed by atoms with E-state index in [1.165, 1.54) is 17.1 Å². The van der Waals surface area contributed by atoms with Gasteiger partial charge in [0.25, 0.3) is 5.78 Å². The molecular formula is C12H15N5O2. The van der Waals surface area contributed by atoms with Crippen LogP contribution in [-0.4, -0.2) is 32.2 Å². The van der Waals surface area contributed by atoms with Gasteiger partial charge in [-0.05, 0) is 19.8 Å². The van der Waals surface area contributed by atoms with Gasteiger partial charge in [-0.15, -0.1) is 5.10 Å².